The Morgan fingerprint density at radius 1 is 1.05 bits per heavy atom. The molecule has 0 unspecified atom stereocenters. The summed E-state index contributed by atoms with van der Waals surface area (Å²) >= 11 is 12.3. The molecule has 13 heteroatoms. The number of aryl methyl sites for hydroxylation is 1. The van der Waals surface area contributed by atoms with Gasteiger partial charge in [-0.15, -0.1) is 0 Å². The van der Waals surface area contributed by atoms with E-state index >= 15 is 0 Å². The monoisotopic (exact) mass is 595 g/mol. The van der Waals surface area contributed by atoms with E-state index in [9.17, 15) is 22.9 Å². The number of para-hydroxylation sites is 1. The van der Waals surface area contributed by atoms with Crippen LogP contribution >= 0.6 is 23.2 Å². The molecule has 4 aromatic carbocycles. The zero-order valence-electron chi connectivity index (χ0n) is 21.0. The number of carbonyl (C=O) groups excluding carboxylic acids is 1. The van der Waals surface area contributed by atoms with Crippen molar-refractivity contribution >= 4 is 67.1 Å². The molecule has 0 bridgehead atoms. The number of carbonyl (C=O) groups is 1. The van der Waals surface area contributed by atoms with Gasteiger partial charge in [-0.1, -0.05) is 66.2 Å². The molecule has 0 radical (unpaired) electrons. The predicted octanol–water partition coefficient (Wildman–Crippen LogP) is 3.71. The number of anilines is 1. The van der Waals surface area contributed by atoms with Crippen LogP contribution in [0.5, 0.6) is 11.5 Å². The first-order chi connectivity index (χ1) is 18.0. The molecule has 0 saturated carbocycles. The molecule has 0 aliphatic rings. The molecule has 0 aliphatic heterocycles. The Balaban J connectivity index is 0.00000420. The van der Waals surface area contributed by atoms with Crippen molar-refractivity contribution in [1.29, 1.82) is 0 Å². The third-order valence-electron chi connectivity index (χ3n) is 5.66. The van der Waals surface area contributed by atoms with Crippen LogP contribution in [0, 0.1) is 0 Å². The van der Waals surface area contributed by atoms with Gasteiger partial charge in [-0.2, -0.15) is 18.6 Å². The van der Waals surface area contributed by atoms with Gasteiger partial charge in [0.15, 0.2) is 0 Å². The SMILES string of the molecule is CCc1cc(N=Nc2c([O-])c(C(=O)Nc3c(Cl)cccc3OC)cc3ccccc23)cc(Cl)c1S(=O)(=O)O.[Na+]. The summed E-state index contributed by atoms with van der Waals surface area (Å²) < 4.78 is 38.2. The maximum atomic E-state index is 13.4. The average Bonchev–Trinajstić information content (AvgIpc) is 2.87. The summed E-state index contributed by atoms with van der Waals surface area (Å²) in [5.74, 6) is -1.10. The van der Waals surface area contributed by atoms with Gasteiger partial charge in [0.05, 0.1) is 28.5 Å². The minimum atomic E-state index is -4.56. The quantitative estimate of drug-likeness (QED) is 0.189. The summed E-state index contributed by atoms with van der Waals surface area (Å²) in [5, 5.41) is 25.3. The first-order valence-electron chi connectivity index (χ1n) is 11.1. The number of hydrogen-bond acceptors (Lipinski definition) is 7. The van der Waals surface area contributed by atoms with E-state index in [4.69, 9.17) is 27.9 Å². The number of azo groups is 1. The van der Waals surface area contributed by atoms with E-state index in [0.717, 1.165) is 0 Å². The van der Waals surface area contributed by atoms with Crippen LogP contribution in [0.4, 0.5) is 17.1 Å². The standard InChI is InChI=1S/C26H21Cl2N3O6S.Na/c1-3-14-11-16(13-20(28)25(14)38(34,35)36)30-31-22-17-8-5-4-7-15(17)12-18(24(22)32)26(33)29-23-19(27)9-6-10-21(23)37-2;/h4-13,32H,3H2,1-2H3,(H,29,33)(H,34,35,36);/q;+1/p-1. The first-order valence-corrected chi connectivity index (χ1v) is 13.3. The molecule has 0 saturated heterocycles. The fourth-order valence-electron chi connectivity index (χ4n) is 3.91. The summed E-state index contributed by atoms with van der Waals surface area (Å²) in [6.45, 7) is 1.68. The minimum Gasteiger partial charge on any atom is -0.870 e. The van der Waals surface area contributed by atoms with Crippen molar-refractivity contribution < 1.29 is 57.2 Å². The first kappa shape index (κ1) is 30.8. The number of rotatable bonds is 7. The number of benzene rings is 4. The second kappa shape index (κ2) is 12.6. The summed E-state index contributed by atoms with van der Waals surface area (Å²) in [5.41, 5.74) is 0.278. The summed E-state index contributed by atoms with van der Waals surface area (Å²) in [4.78, 5) is 12.8. The molecule has 4 rings (SSSR count). The van der Waals surface area contributed by atoms with Crippen molar-refractivity contribution in [2.75, 3.05) is 12.4 Å². The van der Waals surface area contributed by atoms with Gasteiger partial charge in [-0.3, -0.25) is 9.35 Å². The number of nitrogens with zero attached hydrogens (tertiary/aromatic N) is 2. The van der Waals surface area contributed by atoms with Gasteiger partial charge < -0.3 is 15.2 Å². The molecular formula is C26H20Cl2N3NaO6S. The van der Waals surface area contributed by atoms with Crippen LogP contribution in [0.2, 0.25) is 10.0 Å². The number of ether oxygens (including phenoxy) is 1. The third kappa shape index (κ3) is 6.55. The van der Waals surface area contributed by atoms with Crippen LogP contribution < -0.4 is 44.7 Å². The maximum Gasteiger partial charge on any atom is 1.00 e. The van der Waals surface area contributed by atoms with Crippen molar-refractivity contribution in [3.05, 3.63) is 81.8 Å². The largest absolute Gasteiger partial charge is 1.00 e. The van der Waals surface area contributed by atoms with E-state index in [-0.39, 0.29) is 74.2 Å². The number of hydrogen-bond donors (Lipinski definition) is 2. The zero-order valence-corrected chi connectivity index (χ0v) is 25.4. The molecule has 0 aliphatic carbocycles. The molecule has 0 fully saturated rings. The van der Waals surface area contributed by atoms with Gasteiger partial charge in [-0.05, 0) is 47.7 Å². The zero-order chi connectivity index (χ0) is 27.6. The van der Waals surface area contributed by atoms with Crippen LogP contribution in [-0.2, 0) is 16.5 Å². The normalized spacial score (nSPS) is 11.4. The van der Waals surface area contributed by atoms with E-state index < -0.39 is 26.7 Å². The number of methoxy groups -OCH3 is 1. The van der Waals surface area contributed by atoms with E-state index in [1.54, 1.807) is 49.4 Å². The second-order valence-electron chi connectivity index (χ2n) is 8.04. The van der Waals surface area contributed by atoms with Crippen LogP contribution in [-0.4, -0.2) is 26.0 Å². The van der Waals surface area contributed by atoms with E-state index in [0.29, 0.717) is 16.5 Å². The number of fused-ring (bicyclic) bond motifs is 1. The minimum absolute atomic E-state index is 0. The Morgan fingerprint density at radius 3 is 2.44 bits per heavy atom. The van der Waals surface area contributed by atoms with Crippen LogP contribution in [0.3, 0.4) is 0 Å². The Bertz CT molecular complexity index is 1710. The Kier molecular flexibility index (Phi) is 10.0. The van der Waals surface area contributed by atoms with Crippen molar-refractivity contribution in [1.82, 2.24) is 0 Å². The van der Waals surface area contributed by atoms with Crippen molar-refractivity contribution in [2.24, 2.45) is 10.2 Å². The molecular weight excluding hydrogens is 576 g/mol. The number of nitrogens with one attached hydrogen (secondary N) is 1. The number of halogens is 2. The third-order valence-corrected chi connectivity index (χ3v) is 7.39. The van der Waals surface area contributed by atoms with Crippen molar-refractivity contribution in [3.63, 3.8) is 0 Å². The Morgan fingerprint density at radius 2 is 1.77 bits per heavy atom. The summed E-state index contributed by atoms with van der Waals surface area (Å²) in [6, 6.07) is 15.7. The smallest absolute Gasteiger partial charge is 0.870 e. The Labute approximate surface area is 256 Å². The molecule has 196 valence electrons. The molecule has 9 nitrogen and oxygen atoms in total. The van der Waals surface area contributed by atoms with Gasteiger partial charge in [0.25, 0.3) is 16.0 Å². The van der Waals surface area contributed by atoms with Crippen LogP contribution in [0.25, 0.3) is 10.8 Å². The van der Waals surface area contributed by atoms with E-state index in [2.05, 4.69) is 15.5 Å². The molecule has 0 spiro atoms. The second-order valence-corrected chi connectivity index (χ2v) is 10.2. The molecule has 0 heterocycles. The van der Waals surface area contributed by atoms with Gasteiger partial charge in [0.2, 0.25) is 0 Å². The molecule has 39 heavy (non-hydrogen) atoms. The molecule has 4 aromatic rings. The molecule has 1 amide bonds. The number of amides is 1. The van der Waals surface area contributed by atoms with Crippen LogP contribution in [0.1, 0.15) is 22.8 Å². The topological polar surface area (TPSA) is 140 Å². The van der Waals surface area contributed by atoms with E-state index in [1.165, 1.54) is 25.3 Å². The average molecular weight is 596 g/mol. The van der Waals surface area contributed by atoms with Crippen molar-refractivity contribution in [3.8, 4) is 11.5 Å². The van der Waals surface area contributed by atoms with Crippen molar-refractivity contribution in [2.45, 2.75) is 18.2 Å². The fourth-order valence-corrected chi connectivity index (χ4v) is 5.48. The van der Waals surface area contributed by atoms with Gasteiger partial charge in [0.1, 0.15) is 16.3 Å². The van der Waals surface area contributed by atoms with Crippen LogP contribution in [0.15, 0.2) is 75.8 Å². The van der Waals surface area contributed by atoms with Gasteiger partial charge in [-0.25, -0.2) is 0 Å². The summed E-state index contributed by atoms with van der Waals surface area (Å²) in [7, 11) is -3.14. The Hall–Kier alpha value is -2.70. The van der Waals surface area contributed by atoms with Gasteiger partial charge in [0, 0.05) is 10.9 Å². The molecule has 0 aromatic heterocycles. The maximum absolute atomic E-state index is 13.4. The predicted molar refractivity (Wildman–Crippen MR) is 144 cm³/mol. The fraction of sp³-hybridized carbons (Fsp3) is 0.115. The summed E-state index contributed by atoms with van der Waals surface area (Å²) in [6.07, 6.45) is 0.231. The molecule has 2 N–H and O–H groups in total. The van der Waals surface area contributed by atoms with E-state index in [1.807, 2.05) is 0 Å². The van der Waals surface area contributed by atoms with Gasteiger partial charge >= 0.3 is 29.6 Å². The molecule has 0 atom stereocenters.